The molecule has 3 saturated heterocycles. The van der Waals surface area contributed by atoms with Gasteiger partial charge in [-0.15, -0.1) is 0 Å². The van der Waals surface area contributed by atoms with Gasteiger partial charge in [0, 0.05) is 63.4 Å². The van der Waals surface area contributed by atoms with Crippen LogP contribution >= 0.6 is 0 Å². The Hall–Kier alpha value is -2.61. The lowest BCUT2D eigenvalue weighted by Crippen LogP contribution is -2.64. The number of nitrogens with zero attached hydrogens (tertiary/aromatic N) is 6. The SMILES string of the molecule is Cc1ncnc(C)c1C(=O)N1CCC(C)(N2CCN([C@@H](Cc3ccccc3)C3CCN(S(=O)(=O)C(F)(F)F)CC3)[C@@H](C)C2)CC1. The van der Waals surface area contributed by atoms with E-state index in [9.17, 15) is 26.4 Å². The first-order chi connectivity index (χ1) is 21.2. The van der Waals surface area contributed by atoms with Gasteiger partial charge < -0.3 is 4.90 Å². The normalized spacial score (nSPS) is 23.6. The first-order valence-corrected chi connectivity index (χ1v) is 17.3. The second-order valence-corrected chi connectivity index (χ2v) is 15.1. The molecule has 0 unspecified atom stereocenters. The third-order valence-corrected chi connectivity index (χ3v) is 12.0. The van der Waals surface area contributed by atoms with Crippen molar-refractivity contribution in [1.29, 1.82) is 0 Å². The molecule has 3 fully saturated rings. The molecule has 2 atom stereocenters. The number of sulfonamides is 1. The van der Waals surface area contributed by atoms with Gasteiger partial charge in [0.25, 0.3) is 5.91 Å². The van der Waals surface area contributed by atoms with Crippen molar-refractivity contribution >= 4 is 15.9 Å². The van der Waals surface area contributed by atoms with Crippen LogP contribution in [-0.2, 0) is 16.4 Å². The average molecular weight is 651 g/mol. The molecule has 2 aromatic rings. The molecule has 1 aromatic carbocycles. The quantitative estimate of drug-likeness (QED) is 0.443. The highest BCUT2D eigenvalue weighted by Crippen LogP contribution is 2.36. The molecular weight excluding hydrogens is 605 g/mol. The van der Waals surface area contributed by atoms with E-state index in [2.05, 4.69) is 45.7 Å². The molecule has 0 radical (unpaired) electrons. The number of carbonyl (C=O) groups excluding carboxylic acids is 1. The third kappa shape index (κ3) is 7.06. The number of hydrogen-bond acceptors (Lipinski definition) is 7. The minimum absolute atomic E-state index is 0.0105. The van der Waals surface area contributed by atoms with Crippen LogP contribution in [0.3, 0.4) is 0 Å². The predicted octanol–water partition coefficient (Wildman–Crippen LogP) is 4.27. The van der Waals surface area contributed by atoms with Gasteiger partial charge in [0.15, 0.2) is 0 Å². The van der Waals surface area contributed by atoms with Crippen LogP contribution in [0.25, 0.3) is 0 Å². The summed E-state index contributed by atoms with van der Waals surface area (Å²) in [6.07, 6.45) is 4.76. The number of rotatable bonds is 7. The zero-order chi connectivity index (χ0) is 32.6. The summed E-state index contributed by atoms with van der Waals surface area (Å²) in [4.78, 5) is 28.8. The summed E-state index contributed by atoms with van der Waals surface area (Å²) < 4.78 is 64.4. The molecule has 3 aliphatic rings. The number of alkyl halides is 3. The number of amides is 1. The zero-order valence-electron chi connectivity index (χ0n) is 26.6. The standard InChI is InChI=1S/C32H45F3N6O3S/c1-23-21-39(31(4)12-16-38(17-13-31)30(42)29-24(2)36-22-37-25(29)3)18-19-41(23)28(20-26-8-6-5-7-9-26)27-10-14-40(15-11-27)45(43,44)32(33,34)35/h5-9,22-23,27-28H,10-21H2,1-4H3/t23-,28-/m0/s1. The van der Waals surface area contributed by atoms with E-state index in [4.69, 9.17) is 0 Å². The van der Waals surface area contributed by atoms with Crippen molar-refractivity contribution in [2.75, 3.05) is 45.8 Å². The molecule has 3 aliphatic heterocycles. The summed E-state index contributed by atoms with van der Waals surface area (Å²) in [5.41, 5.74) is -2.18. The van der Waals surface area contributed by atoms with Crippen LogP contribution in [0, 0.1) is 19.8 Å². The third-order valence-electron chi connectivity index (χ3n) is 10.4. The van der Waals surface area contributed by atoms with Gasteiger partial charge in [-0.1, -0.05) is 30.3 Å². The molecule has 9 nitrogen and oxygen atoms in total. The summed E-state index contributed by atoms with van der Waals surface area (Å²) in [5, 5.41) is 0. The summed E-state index contributed by atoms with van der Waals surface area (Å²) >= 11 is 0. The molecule has 1 aromatic heterocycles. The topological polar surface area (TPSA) is 90.0 Å². The van der Waals surface area contributed by atoms with Gasteiger partial charge in [-0.3, -0.25) is 14.6 Å². The number of halogens is 3. The molecule has 0 N–H and O–H groups in total. The van der Waals surface area contributed by atoms with E-state index in [0.717, 1.165) is 38.9 Å². The van der Waals surface area contributed by atoms with Crippen molar-refractivity contribution in [3.05, 3.63) is 59.2 Å². The fourth-order valence-corrected chi connectivity index (χ4v) is 8.56. The monoisotopic (exact) mass is 650 g/mol. The molecule has 0 saturated carbocycles. The van der Waals surface area contributed by atoms with Crippen molar-refractivity contribution in [1.82, 2.24) is 29.0 Å². The van der Waals surface area contributed by atoms with Crippen LogP contribution in [0.1, 0.15) is 66.8 Å². The number of aromatic nitrogens is 2. The molecule has 0 aliphatic carbocycles. The summed E-state index contributed by atoms with van der Waals surface area (Å²) in [6, 6.07) is 10.4. The number of aryl methyl sites for hydroxylation is 2. The van der Waals surface area contributed by atoms with Crippen LogP contribution in [0.15, 0.2) is 36.7 Å². The molecule has 4 heterocycles. The highest BCUT2D eigenvalue weighted by Gasteiger charge is 2.51. The first kappa shape index (κ1) is 33.7. The maximum absolute atomic E-state index is 13.4. The number of carbonyl (C=O) groups is 1. The van der Waals surface area contributed by atoms with Gasteiger partial charge in [0.1, 0.15) is 6.33 Å². The van der Waals surface area contributed by atoms with Crippen LogP contribution in [-0.4, -0.2) is 112 Å². The van der Waals surface area contributed by atoms with Crippen molar-refractivity contribution in [3.63, 3.8) is 0 Å². The summed E-state index contributed by atoms with van der Waals surface area (Å²) in [7, 11) is -5.32. The molecule has 0 bridgehead atoms. The number of piperazine rings is 1. The number of benzene rings is 1. The first-order valence-electron chi connectivity index (χ1n) is 15.9. The lowest BCUT2D eigenvalue weighted by Gasteiger charge is -2.54. The molecule has 1 amide bonds. The Bertz CT molecular complexity index is 1420. The average Bonchev–Trinajstić information content (AvgIpc) is 3.00. The number of piperidine rings is 2. The van der Waals surface area contributed by atoms with Gasteiger partial charge in [0.2, 0.25) is 0 Å². The number of likely N-dealkylation sites (tertiary alicyclic amines) is 1. The maximum Gasteiger partial charge on any atom is 0.511 e. The van der Waals surface area contributed by atoms with Crippen LogP contribution < -0.4 is 0 Å². The second-order valence-electron chi connectivity index (χ2n) is 13.2. The predicted molar refractivity (Wildman–Crippen MR) is 166 cm³/mol. The van der Waals surface area contributed by atoms with E-state index in [0.29, 0.717) is 47.2 Å². The second kappa shape index (κ2) is 13.2. The highest BCUT2D eigenvalue weighted by atomic mass is 32.2. The molecule has 13 heteroatoms. The lowest BCUT2D eigenvalue weighted by atomic mass is 9.83. The largest absolute Gasteiger partial charge is 0.511 e. The van der Waals surface area contributed by atoms with Crippen LogP contribution in [0.4, 0.5) is 13.2 Å². The molecule has 248 valence electrons. The smallest absolute Gasteiger partial charge is 0.338 e. The Morgan fingerprint density at radius 1 is 0.978 bits per heavy atom. The van der Waals surface area contributed by atoms with Gasteiger partial charge in [-0.25, -0.2) is 18.4 Å². The van der Waals surface area contributed by atoms with Crippen molar-refractivity contribution < 1.29 is 26.4 Å². The fraction of sp³-hybridized carbons (Fsp3) is 0.656. The maximum atomic E-state index is 13.4. The van der Waals surface area contributed by atoms with Gasteiger partial charge >= 0.3 is 15.5 Å². The fourth-order valence-electron chi connectivity index (χ4n) is 7.58. The van der Waals surface area contributed by atoms with Gasteiger partial charge in [0.05, 0.1) is 17.0 Å². The van der Waals surface area contributed by atoms with Gasteiger partial charge in [-0.2, -0.15) is 17.5 Å². The molecular formula is C32H45F3N6O3S. The minimum atomic E-state index is -5.32. The zero-order valence-corrected chi connectivity index (χ0v) is 27.4. The number of hydrogen-bond donors (Lipinski definition) is 0. The van der Waals surface area contributed by atoms with E-state index in [1.54, 1.807) is 0 Å². The molecule has 5 rings (SSSR count). The van der Waals surface area contributed by atoms with Crippen LogP contribution in [0.2, 0.25) is 0 Å². The summed E-state index contributed by atoms with van der Waals surface area (Å²) in [6.45, 7) is 11.8. The Labute approximate surface area is 264 Å². The van der Waals surface area contributed by atoms with Crippen molar-refractivity contribution in [2.45, 2.75) is 82.9 Å². The van der Waals surface area contributed by atoms with Crippen molar-refractivity contribution in [3.8, 4) is 0 Å². The van der Waals surface area contributed by atoms with E-state index < -0.39 is 15.5 Å². The molecule has 45 heavy (non-hydrogen) atoms. The Morgan fingerprint density at radius 2 is 1.58 bits per heavy atom. The van der Waals surface area contributed by atoms with E-state index in [1.165, 1.54) is 11.9 Å². The lowest BCUT2D eigenvalue weighted by molar-refractivity contribution is -0.0523. The van der Waals surface area contributed by atoms with Crippen LogP contribution in [0.5, 0.6) is 0 Å². The molecule has 0 spiro atoms. The van der Waals surface area contributed by atoms with E-state index >= 15 is 0 Å². The highest BCUT2D eigenvalue weighted by molar-refractivity contribution is 7.90. The minimum Gasteiger partial charge on any atom is -0.338 e. The summed E-state index contributed by atoms with van der Waals surface area (Å²) in [5.74, 6) is 0.0706. The van der Waals surface area contributed by atoms with E-state index in [1.807, 2.05) is 36.9 Å². The van der Waals surface area contributed by atoms with Gasteiger partial charge in [-0.05, 0) is 71.3 Å². The Kier molecular flexibility index (Phi) is 9.93. The van der Waals surface area contributed by atoms with Crippen molar-refractivity contribution in [2.24, 2.45) is 5.92 Å². The Morgan fingerprint density at radius 3 is 2.13 bits per heavy atom. The van der Waals surface area contributed by atoms with E-state index in [-0.39, 0.29) is 42.5 Å². The Balaban J connectivity index is 1.24.